The Kier molecular flexibility index (Phi) is 4.63. The third-order valence-electron chi connectivity index (χ3n) is 3.83. The van der Waals surface area contributed by atoms with E-state index >= 15 is 0 Å². The van der Waals surface area contributed by atoms with Crippen molar-refractivity contribution in [3.8, 4) is 0 Å². The molecule has 2 rings (SSSR count). The number of hydrogen-bond donors (Lipinski definition) is 1. The lowest BCUT2D eigenvalue weighted by Crippen LogP contribution is -2.37. The quantitative estimate of drug-likeness (QED) is 0.925. The molecule has 21 heavy (non-hydrogen) atoms. The van der Waals surface area contributed by atoms with Gasteiger partial charge < -0.3 is 0 Å². The van der Waals surface area contributed by atoms with Gasteiger partial charge in [-0.25, -0.2) is 13.1 Å². The van der Waals surface area contributed by atoms with E-state index in [1.54, 1.807) is 0 Å². The van der Waals surface area contributed by atoms with E-state index in [0.29, 0.717) is 5.92 Å². The van der Waals surface area contributed by atoms with Gasteiger partial charge in [0.05, 0.1) is 10.5 Å². The topological polar surface area (TPSA) is 46.2 Å². The Hall–Kier alpha value is -1.08. The fourth-order valence-corrected chi connectivity index (χ4v) is 3.79. The lowest BCUT2D eigenvalue weighted by atomic mass is 9.88. The Bertz CT molecular complexity index is 573. The summed E-state index contributed by atoms with van der Waals surface area (Å²) in [5.74, 6) is 0.594. The molecule has 0 atom stereocenters. The average Bonchev–Trinajstić information content (AvgIpc) is 2.40. The first kappa shape index (κ1) is 16.3. The van der Waals surface area contributed by atoms with Crippen LogP contribution < -0.4 is 4.72 Å². The molecule has 1 aromatic carbocycles. The van der Waals surface area contributed by atoms with Crippen LogP contribution >= 0.6 is 0 Å². The van der Waals surface area contributed by atoms with Crippen LogP contribution in [0.1, 0.15) is 38.2 Å². The molecule has 0 spiro atoms. The van der Waals surface area contributed by atoms with Gasteiger partial charge in [-0.05, 0) is 55.9 Å². The highest BCUT2D eigenvalue weighted by Crippen LogP contribution is 2.30. The second-order valence-corrected chi connectivity index (χ2v) is 7.31. The Labute approximate surface area is 122 Å². The molecule has 1 saturated carbocycles. The summed E-state index contributed by atoms with van der Waals surface area (Å²) < 4.78 is 64.3. The fourth-order valence-electron chi connectivity index (χ4n) is 2.49. The zero-order valence-corrected chi connectivity index (χ0v) is 12.5. The third kappa shape index (κ3) is 4.20. The van der Waals surface area contributed by atoms with Crippen molar-refractivity contribution in [3.05, 3.63) is 29.8 Å². The van der Waals surface area contributed by atoms with Gasteiger partial charge in [0, 0.05) is 6.04 Å². The molecule has 1 aliphatic carbocycles. The third-order valence-corrected chi connectivity index (χ3v) is 5.37. The van der Waals surface area contributed by atoms with E-state index in [2.05, 4.69) is 11.6 Å². The van der Waals surface area contributed by atoms with Gasteiger partial charge in [-0.3, -0.25) is 0 Å². The lowest BCUT2D eigenvalue weighted by molar-refractivity contribution is -0.137. The number of benzene rings is 1. The van der Waals surface area contributed by atoms with Crippen LogP contribution in [0.4, 0.5) is 13.2 Å². The molecule has 0 heterocycles. The molecule has 3 nitrogen and oxygen atoms in total. The predicted octanol–water partition coefficient (Wildman–Crippen LogP) is 3.56. The van der Waals surface area contributed by atoms with Crippen LogP contribution in [0.3, 0.4) is 0 Å². The van der Waals surface area contributed by atoms with Crippen LogP contribution in [-0.4, -0.2) is 14.5 Å². The maximum Gasteiger partial charge on any atom is 0.416 e. The number of halogens is 3. The molecule has 118 valence electrons. The largest absolute Gasteiger partial charge is 0.416 e. The molecule has 0 saturated heterocycles. The Morgan fingerprint density at radius 1 is 1.05 bits per heavy atom. The lowest BCUT2D eigenvalue weighted by Gasteiger charge is -2.26. The maximum absolute atomic E-state index is 12.5. The number of hydrogen-bond acceptors (Lipinski definition) is 2. The summed E-state index contributed by atoms with van der Waals surface area (Å²) in [5, 5.41) is 0. The molecule has 0 aliphatic heterocycles. The second kappa shape index (κ2) is 5.96. The van der Waals surface area contributed by atoms with E-state index in [4.69, 9.17) is 0 Å². The molecule has 0 unspecified atom stereocenters. The predicted molar refractivity (Wildman–Crippen MR) is 73.2 cm³/mol. The zero-order chi connectivity index (χ0) is 15.7. The SMILES string of the molecule is CC1CCC(NS(=O)(=O)c2ccc(C(F)(F)F)cc2)CC1. The Morgan fingerprint density at radius 2 is 1.57 bits per heavy atom. The molecule has 7 heteroatoms. The van der Waals surface area contributed by atoms with Crippen LogP contribution in [-0.2, 0) is 16.2 Å². The van der Waals surface area contributed by atoms with Crippen LogP contribution in [0.2, 0.25) is 0 Å². The normalized spacial score (nSPS) is 24.0. The smallest absolute Gasteiger partial charge is 0.208 e. The van der Waals surface area contributed by atoms with E-state index < -0.39 is 21.8 Å². The Morgan fingerprint density at radius 3 is 2.05 bits per heavy atom. The van der Waals surface area contributed by atoms with Crippen molar-refractivity contribution in [3.63, 3.8) is 0 Å². The minimum Gasteiger partial charge on any atom is -0.208 e. The first-order valence-electron chi connectivity index (χ1n) is 6.88. The van der Waals surface area contributed by atoms with Crippen LogP contribution in [0.15, 0.2) is 29.2 Å². The molecule has 0 radical (unpaired) electrons. The summed E-state index contributed by atoms with van der Waals surface area (Å²) in [6.07, 6.45) is -1.02. The van der Waals surface area contributed by atoms with Crippen molar-refractivity contribution >= 4 is 10.0 Å². The van der Waals surface area contributed by atoms with Gasteiger partial charge in [-0.2, -0.15) is 13.2 Å². The van der Waals surface area contributed by atoms with Gasteiger partial charge in [0.15, 0.2) is 0 Å². The summed E-state index contributed by atoms with van der Waals surface area (Å²) in [6, 6.07) is 3.44. The van der Waals surface area contributed by atoms with Gasteiger partial charge in [-0.15, -0.1) is 0 Å². The first-order valence-corrected chi connectivity index (χ1v) is 8.36. The molecule has 1 N–H and O–H groups in total. The number of alkyl halides is 3. The average molecular weight is 321 g/mol. The molecule has 0 bridgehead atoms. The van der Waals surface area contributed by atoms with Crippen LogP contribution in [0.5, 0.6) is 0 Å². The van der Waals surface area contributed by atoms with E-state index in [0.717, 1.165) is 49.9 Å². The summed E-state index contributed by atoms with van der Waals surface area (Å²) in [5.41, 5.74) is -0.854. The van der Waals surface area contributed by atoms with E-state index in [9.17, 15) is 21.6 Å². The molecule has 1 fully saturated rings. The minimum absolute atomic E-state index is 0.130. The molecular weight excluding hydrogens is 303 g/mol. The highest BCUT2D eigenvalue weighted by atomic mass is 32.2. The molecule has 1 aliphatic rings. The number of rotatable bonds is 3. The maximum atomic E-state index is 12.5. The van der Waals surface area contributed by atoms with Gasteiger partial charge in [-0.1, -0.05) is 6.92 Å². The standard InChI is InChI=1S/C14H18F3NO2S/c1-10-2-6-12(7-3-10)18-21(19,20)13-8-4-11(5-9-13)14(15,16)17/h4-5,8-10,12,18H,2-3,6-7H2,1H3. The van der Waals surface area contributed by atoms with Crippen molar-refractivity contribution in [1.82, 2.24) is 4.72 Å². The minimum atomic E-state index is -4.46. The van der Waals surface area contributed by atoms with E-state index in [-0.39, 0.29) is 10.9 Å². The van der Waals surface area contributed by atoms with Crippen molar-refractivity contribution < 1.29 is 21.6 Å². The summed E-state index contributed by atoms with van der Waals surface area (Å²) in [4.78, 5) is -0.130. The summed E-state index contributed by atoms with van der Waals surface area (Å²) in [6.45, 7) is 2.13. The van der Waals surface area contributed by atoms with E-state index in [1.807, 2.05) is 0 Å². The van der Waals surface area contributed by atoms with Crippen molar-refractivity contribution in [1.29, 1.82) is 0 Å². The van der Waals surface area contributed by atoms with Gasteiger partial charge in [0.1, 0.15) is 0 Å². The van der Waals surface area contributed by atoms with Gasteiger partial charge in [0.2, 0.25) is 10.0 Å². The molecule has 1 aromatic rings. The fraction of sp³-hybridized carbons (Fsp3) is 0.571. The van der Waals surface area contributed by atoms with Crippen LogP contribution in [0.25, 0.3) is 0 Å². The molecule has 0 aromatic heterocycles. The van der Waals surface area contributed by atoms with Crippen molar-refractivity contribution in [2.75, 3.05) is 0 Å². The number of sulfonamides is 1. The molecular formula is C14H18F3NO2S. The monoisotopic (exact) mass is 321 g/mol. The highest BCUT2D eigenvalue weighted by Gasteiger charge is 2.31. The molecule has 0 amide bonds. The van der Waals surface area contributed by atoms with Crippen LogP contribution in [0, 0.1) is 5.92 Å². The first-order chi connectivity index (χ1) is 9.68. The van der Waals surface area contributed by atoms with Crippen molar-refractivity contribution in [2.45, 2.75) is 49.7 Å². The summed E-state index contributed by atoms with van der Waals surface area (Å²) in [7, 11) is -3.76. The second-order valence-electron chi connectivity index (χ2n) is 5.60. The highest BCUT2D eigenvalue weighted by molar-refractivity contribution is 7.89. The van der Waals surface area contributed by atoms with Gasteiger partial charge in [0.25, 0.3) is 0 Å². The summed E-state index contributed by atoms with van der Waals surface area (Å²) >= 11 is 0. The van der Waals surface area contributed by atoms with E-state index in [1.165, 1.54) is 0 Å². The number of nitrogens with one attached hydrogen (secondary N) is 1. The zero-order valence-electron chi connectivity index (χ0n) is 11.7. The van der Waals surface area contributed by atoms with Crippen molar-refractivity contribution in [2.24, 2.45) is 5.92 Å². The Balaban J connectivity index is 2.09. The van der Waals surface area contributed by atoms with Gasteiger partial charge >= 0.3 is 6.18 Å².